The van der Waals surface area contributed by atoms with Crippen LogP contribution in [0.1, 0.15) is 38.7 Å². The van der Waals surface area contributed by atoms with Gasteiger partial charge in [-0.05, 0) is 31.4 Å². The number of hydrogen-bond donors (Lipinski definition) is 7. The standard InChI is InChI=1S/C21H32N4O6/c1-11(2)8-14(18(22)28)24-19(29)21(31)9-15(17(27)16(26)10-21)25-20(30)23-13-6-4-12(3)5-7-13/h4-7,11,14-17,26-27,31H,8-10H2,1-3H3,(H2,22,28)(H,24,29)(H2,23,25,30). The number of nitrogens with two attached hydrogens (primary N) is 1. The minimum atomic E-state index is -2.11. The van der Waals surface area contributed by atoms with Gasteiger partial charge in [0.15, 0.2) is 0 Å². The van der Waals surface area contributed by atoms with E-state index >= 15 is 0 Å². The Morgan fingerprint density at radius 3 is 2.32 bits per heavy atom. The second-order valence-electron chi connectivity index (χ2n) is 8.63. The lowest BCUT2D eigenvalue weighted by Crippen LogP contribution is -2.64. The summed E-state index contributed by atoms with van der Waals surface area (Å²) in [4.78, 5) is 36.7. The molecular weight excluding hydrogens is 404 g/mol. The molecule has 0 radical (unpaired) electrons. The summed E-state index contributed by atoms with van der Waals surface area (Å²) < 4.78 is 0. The van der Waals surface area contributed by atoms with Gasteiger partial charge in [0.25, 0.3) is 5.91 Å². The molecule has 172 valence electrons. The number of aliphatic hydroxyl groups is 3. The minimum absolute atomic E-state index is 0.0612. The maximum atomic E-state index is 12.7. The van der Waals surface area contributed by atoms with Gasteiger partial charge in [-0.2, -0.15) is 0 Å². The van der Waals surface area contributed by atoms with E-state index in [1.807, 2.05) is 32.9 Å². The predicted octanol–water partition coefficient (Wildman–Crippen LogP) is -0.252. The summed E-state index contributed by atoms with van der Waals surface area (Å²) in [6, 6.07) is 4.25. The third-order valence-electron chi connectivity index (χ3n) is 5.32. The Labute approximate surface area is 181 Å². The Morgan fingerprint density at radius 1 is 1.16 bits per heavy atom. The lowest BCUT2D eigenvalue weighted by Gasteiger charge is -2.41. The maximum absolute atomic E-state index is 12.7. The van der Waals surface area contributed by atoms with Crippen LogP contribution in [-0.4, -0.2) is 63.1 Å². The average molecular weight is 437 g/mol. The van der Waals surface area contributed by atoms with E-state index in [9.17, 15) is 29.7 Å². The summed E-state index contributed by atoms with van der Waals surface area (Å²) in [5.41, 5.74) is 4.76. The SMILES string of the molecule is Cc1ccc(NC(=O)NC2CC(O)(C(=O)NC(CC(C)C)C(N)=O)CC(O)C2O)cc1. The second kappa shape index (κ2) is 10.1. The van der Waals surface area contributed by atoms with Gasteiger partial charge in [-0.25, -0.2) is 4.79 Å². The van der Waals surface area contributed by atoms with Gasteiger partial charge in [0.05, 0.1) is 12.1 Å². The predicted molar refractivity (Wildman–Crippen MR) is 114 cm³/mol. The van der Waals surface area contributed by atoms with Crippen LogP contribution in [0.3, 0.4) is 0 Å². The van der Waals surface area contributed by atoms with Crippen LogP contribution in [0.2, 0.25) is 0 Å². The molecule has 2 rings (SSSR count). The summed E-state index contributed by atoms with van der Waals surface area (Å²) in [5, 5.41) is 38.9. The number of carbonyl (C=O) groups is 3. The van der Waals surface area contributed by atoms with Crippen LogP contribution in [0, 0.1) is 12.8 Å². The number of primary amides is 1. The molecule has 10 nitrogen and oxygen atoms in total. The molecule has 0 spiro atoms. The van der Waals surface area contributed by atoms with Crippen LogP contribution >= 0.6 is 0 Å². The van der Waals surface area contributed by atoms with Crippen molar-refractivity contribution in [3.63, 3.8) is 0 Å². The second-order valence-corrected chi connectivity index (χ2v) is 8.63. The number of urea groups is 1. The number of aliphatic hydroxyl groups excluding tert-OH is 2. The van der Waals surface area contributed by atoms with Crippen molar-refractivity contribution in [1.29, 1.82) is 0 Å². The zero-order valence-corrected chi connectivity index (χ0v) is 18.0. The molecule has 0 aliphatic heterocycles. The van der Waals surface area contributed by atoms with E-state index in [1.165, 1.54) is 0 Å². The largest absolute Gasteiger partial charge is 0.390 e. The van der Waals surface area contributed by atoms with Crippen molar-refractivity contribution in [3.8, 4) is 0 Å². The first-order chi connectivity index (χ1) is 14.4. The van der Waals surface area contributed by atoms with Crippen molar-refractivity contribution in [2.75, 3.05) is 5.32 Å². The maximum Gasteiger partial charge on any atom is 0.319 e. The van der Waals surface area contributed by atoms with Gasteiger partial charge < -0.3 is 37.0 Å². The molecule has 5 unspecified atom stereocenters. The van der Waals surface area contributed by atoms with Crippen LogP contribution in [0.15, 0.2) is 24.3 Å². The Morgan fingerprint density at radius 2 is 1.77 bits per heavy atom. The molecule has 31 heavy (non-hydrogen) atoms. The Hall–Kier alpha value is -2.69. The zero-order valence-electron chi connectivity index (χ0n) is 18.0. The summed E-state index contributed by atoms with van der Waals surface area (Å²) >= 11 is 0. The fourth-order valence-electron chi connectivity index (χ4n) is 3.61. The first-order valence-electron chi connectivity index (χ1n) is 10.2. The van der Waals surface area contributed by atoms with Crippen molar-refractivity contribution < 1.29 is 29.7 Å². The highest BCUT2D eigenvalue weighted by Crippen LogP contribution is 2.30. The number of carbonyl (C=O) groups excluding carboxylic acids is 3. The summed E-state index contributed by atoms with van der Waals surface area (Å²) in [6.07, 6.45) is -3.38. The molecule has 0 saturated heterocycles. The van der Waals surface area contributed by atoms with E-state index in [0.29, 0.717) is 5.69 Å². The smallest absolute Gasteiger partial charge is 0.319 e. The van der Waals surface area contributed by atoms with Crippen molar-refractivity contribution in [3.05, 3.63) is 29.8 Å². The molecular formula is C21H32N4O6. The monoisotopic (exact) mass is 436 g/mol. The van der Waals surface area contributed by atoms with Crippen molar-refractivity contribution >= 4 is 23.5 Å². The van der Waals surface area contributed by atoms with E-state index in [-0.39, 0.29) is 18.8 Å². The first-order valence-corrected chi connectivity index (χ1v) is 10.2. The summed E-state index contributed by atoms with van der Waals surface area (Å²) in [5.74, 6) is -1.58. The molecule has 10 heteroatoms. The third-order valence-corrected chi connectivity index (χ3v) is 5.32. The lowest BCUT2D eigenvalue weighted by atomic mass is 9.77. The van der Waals surface area contributed by atoms with E-state index in [4.69, 9.17) is 5.73 Å². The average Bonchev–Trinajstić information content (AvgIpc) is 2.66. The third kappa shape index (κ3) is 6.65. The fraction of sp³-hybridized carbons (Fsp3) is 0.571. The van der Waals surface area contributed by atoms with Gasteiger partial charge >= 0.3 is 6.03 Å². The van der Waals surface area contributed by atoms with E-state index in [1.54, 1.807) is 12.1 Å². The fourth-order valence-corrected chi connectivity index (χ4v) is 3.61. The lowest BCUT2D eigenvalue weighted by molar-refractivity contribution is -0.159. The van der Waals surface area contributed by atoms with Gasteiger partial charge in [0.2, 0.25) is 5.91 Å². The van der Waals surface area contributed by atoms with Crippen LogP contribution in [-0.2, 0) is 9.59 Å². The minimum Gasteiger partial charge on any atom is -0.390 e. The number of nitrogens with one attached hydrogen (secondary N) is 3. The number of anilines is 1. The van der Waals surface area contributed by atoms with E-state index in [2.05, 4.69) is 16.0 Å². The number of aryl methyl sites for hydroxylation is 1. The van der Waals surface area contributed by atoms with Crippen LogP contribution in [0.25, 0.3) is 0 Å². The molecule has 8 N–H and O–H groups in total. The van der Waals surface area contributed by atoms with Crippen molar-refractivity contribution in [1.82, 2.24) is 10.6 Å². The molecule has 1 aliphatic carbocycles. The van der Waals surface area contributed by atoms with Gasteiger partial charge in [0, 0.05) is 18.5 Å². The van der Waals surface area contributed by atoms with Gasteiger partial charge in [0.1, 0.15) is 17.7 Å². The number of benzene rings is 1. The highest BCUT2D eigenvalue weighted by Gasteiger charge is 2.49. The summed E-state index contributed by atoms with van der Waals surface area (Å²) in [7, 11) is 0. The molecule has 1 aromatic carbocycles. The number of rotatable bonds is 7. The van der Waals surface area contributed by atoms with Crippen LogP contribution < -0.4 is 21.7 Å². The Balaban J connectivity index is 2.08. The number of hydrogen-bond acceptors (Lipinski definition) is 6. The number of amides is 4. The molecule has 5 atom stereocenters. The normalized spacial score (nSPS) is 26.7. The quantitative estimate of drug-likeness (QED) is 0.310. The molecule has 0 heterocycles. The Kier molecular flexibility index (Phi) is 7.99. The Bertz CT molecular complexity index is 800. The van der Waals surface area contributed by atoms with Crippen LogP contribution in [0.4, 0.5) is 10.5 Å². The zero-order chi connectivity index (χ0) is 23.3. The van der Waals surface area contributed by atoms with Gasteiger partial charge in [-0.15, -0.1) is 0 Å². The molecule has 0 aromatic heterocycles. The summed E-state index contributed by atoms with van der Waals surface area (Å²) in [6.45, 7) is 5.60. The van der Waals surface area contributed by atoms with E-state index < -0.39 is 54.2 Å². The molecule has 1 aromatic rings. The van der Waals surface area contributed by atoms with Gasteiger partial charge in [-0.1, -0.05) is 31.5 Å². The first kappa shape index (κ1) is 24.6. The molecule has 4 amide bonds. The molecule has 1 saturated carbocycles. The molecule has 1 aliphatic rings. The highest BCUT2D eigenvalue weighted by atomic mass is 16.3. The topological polar surface area (TPSA) is 174 Å². The molecule has 1 fully saturated rings. The van der Waals surface area contributed by atoms with Gasteiger partial charge in [-0.3, -0.25) is 9.59 Å². The van der Waals surface area contributed by atoms with Crippen molar-refractivity contribution in [2.45, 2.75) is 69.9 Å². The van der Waals surface area contributed by atoms with Crippen LogP contribution in [0.5, 0.6) is 0 Å². The highest BCUT2D eigenvalue weighted by molar-refractivity contribution is 5.92. The van der Waals surface area contributed by atoms with Crippen molar-refractivity contribution in [2.24, 2.45) is 11.7 Å². The van der Waals surface area contributed by atoms with E-state index in [0.717, 1.165) is 5.56 Å². The molecule has 0 bridgehead atoms.